The van der Waals surface area contributed by atoms with E-state index in [0.29, 0.717) is 0 Å². The van der Waals surface area contributed by atoms with Crippen LogP contribution in [0.25, 0.3) is 0 Å². The molecule has 3 rings (SSSR count). The molecule has 1 fully saturated rings. The Hall–Kier alpha value is -2.07. The second kappa shape index (κ2) is 7.22. The molecule has 2 aromatic rings. The fourth-order valence-corrected chi connectivity index (χ4v) is 3.72. The predicted molar refractivity (Wildman–Crippen MR) is 97.5 cm³/mol. The van der Waals surface area contributed by atoms with E-state index in [4.69, 9.17) is 0 Å². The summed E-state index contributed by atoms with van der Waals surface area (Å²) in [5.41, 5.74) is 4.20. The van der Waals surface area contributed by atoms with Crippen molar-refractivity contribution in [3.63, 3.8) is 0 Å². The average Bonchev–Trinajstić information content (AvgIpc) is 2.90. The van der Waals surface area contributed by atoms with Gasteiger partial charge in [0.25, 0.3) is 5.91 Å². The number of aryl methyl sites for hydroxylation is 1. The lowest BCUT2D eigenvalue weighted by Crippen LogP contribution is -2.45. The maximum atomic E-state index is 12.7. The van der Waals surface area contributed by atoms with Gasteiger partial charge < -0.3 is 15.2 Å². The van der Waals surface area contributed by atoms with Gasteiger partial charge in [-0.15, -0.1) is 0 Å². The van der Waals surface area contributed by atoms with Crippen molar-refractivity contribution >= 4 is 5.91 Å². The van der Waals surface area contributed by atoms with Gasteiger partial charge in [-0.25, -0.2) is 0 Å². The van der Waals surface area contributed by atoms with Gasteiger partial charge in [0.05, 0.1) is 11.6 Å². The van der Waals surface area contributed by atoms with Crippen LogP contribution < -0.4 is 10.6 Å². The van der Waals surface area contributed by atoms with Gasteiger partial charge in [0.1, 0.15) is 0 Å². The zero-order valence-electron chi connectivity index (χ0n) is 14.8. The van der Waals surface area contributed by atoms with Crippen LogP contribution in [0.15, 0.2) is 36.4 Å². The van der Waals surface area contributed by atoms with Crippen LogP contribution in [0.4, 0.5) is 0 Å². The fraction of sp³-hybridized carbons (Fsp3) is 0.450. The minimum atomic E-state index is 0.0447. The molecule has 0 saturated carbocycles. The number of carbonyl (C=O) groups excluding carboxylic acids is 1. The van der Waals surface area contributed by atoms with E-state index >= 15 is 0 Å². The van der Waals surface area contributed by atoms with Crippen molar-refractivity contribution in [2.75, 3.05) is 13.1 Å². The second-order valence-electron chi connectivity index (χ2n) is 6.76. The van der Waals surface area contributed by atoms with Gasteiger partial charge in [-0.05, 0) is 51.8 Å². The van der Waals surface area contributed by atoms with Crippen molar-refractivity contribution in [2.24, 2.45) is 0 Å². The molecule has 4 nitrogen and oxygen atoms in total. The van der Waals surface area contributed by atoms with Crippen LogP contribution in [0.5, 0.6) is 0 Å². The minimum Gasteiger partial charge on any atom is -0.348 e. The van der Waals surface area contributed by atoms with E-state index in [1.807, 2.05) is 19.1 Å². The molecule has 1 aromatic carbocycles. The molecule has 0 radical (unpaired) electrons. The van der Waals surface area contributed by atoms with Gasteiger partial charge in [-0.2, -0.15) is 0 Å². The normalized spacial score (nSPS) is 19.0. The van der Waals surface area contributed by atoms with Gasteiger partial charge in [0.2, 0.25) is 0 Å². The summed E-state index contributed by atoms with van der Waals surface area (Å²) in [7, 11) is 0. The fourth-order valence-electron chi connectivity index (χ4n) is 3.72. The molecule has 2 atom stereocenters. The Bertz CT molecular complexity index is 699. The Balaban J connectivity index is 1.82. The molecule has 24 heavy (non-hydrogen) atoms. The lowest BCUT2D eigenvalue weighted by Gasteiger charge is -2.24. The van der Waals surface area contributed by atoms with Crippen LogP contribution in [0, 0.1) is 13.8 Å². The largest absolute Gasteiger partial charge is 0.348 e. The summed E-state index contributed by atoms with van der Waals surface area (Å²) < 4.78 is 2.25. The van der Waals surface area contributed by atoms with E-state index in [1.54, 1.807) is 0 Å². The Morgan fingerprint density at radius 3 is 2.71 bits per heavy atom. The molecule has 2 N–H and O–H groups in total. The highest BCUT2D eigenvalue weighted by molar-refractivity contribution is 5.96. The smallest absolute Gasteiger partial charge is 0.253 e. The standard InChI is InChI=1S/C20H27N3O/c1-14-12-19(20(24)22-18-10-7-11-21-13-18)16(3)23(14)15(2)17-8-5-4-6-9-17/h4-6,8-9,12,15,18,21H,7,10-11,13H2,1-3H3,(H,22,24)/t15?,18-/m0/s1. The Morgan fingerprint density at radius 1 is 1.29 bits per heavy atom. The number of nitrogens with zero attached hydrogens (tertiary/aromatic N) is 1. The van der Waals surface area contributed by atoms with E-state index in [1.165, 1.54) is 5.56 Å². The van der Waals surface area contributed by atoms with Crippen molar-refractivity contribution in [1.82, 2.24) is 15.2 Å². The summed E-state index contributed by atoms with van der Waals surface area (Å²) in [4.78, 5) is 12.7. The maximum Gasteiger partial charge on any atom is 0.253 e. The van der Waals surface area contributed by atoms with Crippen LogP contribution in [-0.2, 0) is 0 Å². The second-order valence-corrected chi connectivity index (χ2v) is 6.76. The Labute approximate surface area is 144 Å². The van der Waals surface area contributed by atoms with E-state index in [0.717, 1.165) is 42.9 Å². The predicted octanol–water partition coefficient (Wildman–Crippen LogP) is 3.20. The number of benzene rings is 1. The third-order valence-electron chi connectivity index (χ3n) is 5.03. The zero-order valence-corrected chi connectivity index (χ0v) is 14.8. The molecule has 1 unspecified atom stereocenters. The highest BCUT2D eigenvalue weighted by Crippen LogP contribution is 2.25. The molecule has 1 saturated heterocycles. The van der Waals surface area contributed by atoms with Gasteiger partial charge in [0.15, 0.2) is 0 Å². The first-order valence-corrected chi connectivity index (χ1v) is 8.83. The van der Waals surface area contributed by atoms with Crippen molar-refractivity contribution in [3.8, 4) is 0 Å². The number of rotatable bonds is 4. The number of hydrogen-bond acceptors (Lipinski definition) is 2. The first-order chi connectivity index (χ1) is 11.6. The van der Waals surface area contributed by atoms with Gasteiger partial charge in [-0.3, -0.25) is 4.79 Å². The summed E-state index contributed by atoms with van der Waals surface area (Å²) >= 11 is 0. The lowest BCUT2D eigenvalue weighted by molar-refractivity contribution is 0.0930. The lowest BCUT2D eigenvalue weighted by atomic mass is 10.1. The molecule has 0 aliphatic carbocycles. The van der Waals surface area contributed by atoms with Crippen LogP contribution in [-0.4, -0.2) is 29.6 Å². The van der Waals surface area contributed by atoms with Crippen LogP contribution in [0.3, 0.4) is 0 Å². The number of aromatic nitrogens is 1. The van der Waals surface area contributed by atoms with E-state index in [-0.39, 0.29) is 18.0 Å². The molecule has 1 aliphatic heterocycles. The third kappa shape index (κ3) is 3.39. The van der Waals surface area contributed by atoms with Crippen molar-refractivity contribution < 1.29 is 4.79 Å². The summed E-state index contributed by atoms with van der Waals surface area (Å²) in [6, 6.07) is 12.9. The third-order valence-corrected chi connectivity index (χ3v) is 5.03. The first-order valence-electron chi connectivity index (χ1n) is 8.83. The molecule has 1 aliphatic rings. The summed E-state index contributed by atoms with van der Waals surface area (Å²) in [5.74, 6) is 0.0447. The van der Waals surface area contributed by atoms with Crippen molar-refractivity contribution in [2.45, 2.75) is 45.7 Å². The van der Waals surface area contributed by atoms with Gasteiger partial charge in [-0.1, -0.05) is 30.3 Å². The number of hydrogen-bond donors (Lipinski definition) is 2. The highest BCUT2D eigenvalue weighted by atomic mass is 16.1. The van der Waals surface area contributed by atoms with E-state index in [2.05, 4.69) is 53.3 Å². The van der Waals surface area contributed by atoms with Crippen LogP contribution in [0.1, 0.15) is 53.1 Å². The molecule has 0 bridgehead atoms. The zero-order chi connectivity index (χ0) is 17.1. The topological polar surface area (TPSA) is 46.1 Å². The SMILES string of the molecule is Cc1cc(C(=O)N[C@H]2CCCNC2)c(C)n1C(C)c1ccccc1. The molecule has 1 aromatic heterocycles. The average molecular weight is 325 g/mol. The molecule has 0 spiro atoms. The minimum absolute atomic E-state index is 0.0447. The number of nitrogens with one attached hydrogen (secondary N) is 2. The molecular weight excluding hydrogens is 298 g/mol. The Morgan fingerprint density at radius 2 is 2.04 bits per heavy atom. The van der Waals surface area contributed by atoms with Gasteiger partial charge in [0, 0.05) is 24.0 Å². The number of piperidine rings is 1. The molecule has 2 heterocycles. The van der Waals surface area contributed by atoms with Crippen LogP contribution in [0.2, 0.25) is 0 Å². The number of carbonyl (C=O) groups is 1. The molecule has 128 valence electrons. The highest BCUT2D eigenvalue weighted by Gasteiger charge is 2.22. The monoisotopic (exact) mass is 325 g/mol. The first kappa shape index (κ1) is 16.8. The van der Waals surface area contributed by atoms with Gasteiger partial charge >= 0.3 is 0 Å². The van der Waals surface area contributed by atoms with Crippen molar-refractivity contribution in [3.05, 3.63) is 58.9 Å². The maximum absolute atomic E-state index is 12.7. The van der Waals surface area contributed by atoms with Crippen LogP contribution >= 0.6 is 0 Å². The Kier molecular flexibility index (Phi) is 5.05. The van der Waals surface area contributed by atoms with E-state index in [9.17, 15) is 4.79 Å². The summed E-state index contributed by atoms with van der Waals surface area (Å²) in [5, 5.41) is 6.52. The molecule has 4 heteroatoms. The van der Waals surface area contributed by atoms with Crippen molar-refractivity contribution in [1.29, 1.82) is 0 Å². The molecular formula is C20H27N3O. The molecule has 1 amide bonds. The summed E-state index contributed by atoms with van der Waals surface area (Å²) in [6.45, 7) is 8.22. The quantitative estimate of drug-likeness (QED) is 0.907. The summed E-state index contributed by atoms with van der Waals surface area (Å²) in [6.07, 6.45) is 2.17. The van der Waals surface area contributed by atoms with E-state index < -0.39 is 0 Å². The number of amides is 1.